The predicted octanol–water partition coefficient (Wildman–Crippen LogP) is 3.62. The van der Waals surface area contributed by atoms with Crippen LogP contribution in [0, 0.1) is 0 Å². The van der Waals surface area contributed by atoms with Crippen LogP contribution in [-0.2, 0) is 6.54 Å². The standard InChI is InChI=1S/C20H21N5/c1-4-11-24(12-5-1)13-14-25-17-9-3-2-7-15(17)18-20(25)22-16-8-6-10-21-19(16)23-18/h2-3,6-10H,1,4-5,11-14H2. The Hall–Kier alpha value is -2.53. The van der Waals surface area contributed by atoms with Gasteiger partial charge in [-0.25, -0.2) is 15.0 Å². The Morgan fingerprint density at radius 2 is 1.76 bits per heavy atom. The minimum absolute atomic E-state index is 0.717. The molecule has 0 atom stereocenters. The fourth-order valence-corrected chi connectivity index (χ4v) is 3.93. The first kappa shape index (κ1) is 14.8. The van der Waals surface area contributed by atoms with E-state index in [4.69, 9.17) is 9.97 Å². The lowest BCUT2D eigenvalue weighted by molar-refractivity contribution is 0.222. The molecule has 0 bridgehead atoms. The molecule has 5 heteroatoms. The number of pyridine rings is 1. The van der Waals surface area contributed by atoms with Crippen LogP contribution in [0.15, 0.2) is 42.6 Å². The zero-order valence-corrected chi connectivity index (χ0v) is 14.2. The molecule has 5 nitrogen and oxygen atoms in total. The van der Waals surface area contributed by atoms with Crippen molar-refractivity contribution in [1.29, 1.82) is 0 Å². The second-order valence-electron chi connectivity index (χ2n) is 6.81. The van der Waals surface area contributed by atoms with Crippen molar-refractivity contribution in [3.8, 4) is 0 Å². The molecule has 4 aromatic rings. The third kappa shape index (κ3) is 2.55. The highest BCUT2D eigenvalue weighted by atomic mass is 15.2. The Bertz CT molecular complexity index is 1050. The summed E-state index contributed by atoms with van der Waals surface area (Å²) in [4.78, 5) is 16.7. The first-order chi connectivity index (χ1) is 12.4. The van der Waals surface area contributed by atoms with E-state index in [1.807, 2.05) is 12.1 Å². The molecule has 3 aromatic heterocycles. The molecule has 1 aliphatic heterocycles. The summed E-state index contributed by atoms with van der Waals surface area (Å²) in [6.07, 6.45) is 5.79. The number of nitrogens with zero attached hydrogens (tertiary/aromatic N) is 5. The van der Waals surface area contributed by atoms with Gasteiger partial charge in [-0.2, -0.15) is 0 Å². The van der Waals surface area contributed by atoms with Crippen LogP contribution < -0.4 is 0 Å². The number of benzene rings is 1. The van der Waals surface area contributed by atoms with Gasteiger partial charge in [0.15, 0.2) is 11.3 Å². The number of para-hydroxylation sites is 1. The smallest absolute Gasteiger partial charge is 0.178 e. The summed E-state index contributed by atoms with van der Waals surface area (Å²) < 4.78 is 2.33. The molecule has 1 saturated heterocycles. The van der Waals surface area contributed by atoms with Crippen molar-refractivity contribution >= 4 is 33.2 Å². The van der Waals surface area contributed by atoms with E-state index in [2.05, 4.69) is 38.7 Å². The molecule has 1 aliphatic rings. The minimum Gasteiger partial charge on any atom is -0.323 e. The monoisotopic (exact) mass is 331 g/mol. The van der Waals surface area contributed by atoms with Crippen molar-refractivity contribution in [1.82, 2.24) is 24.4 Å². The maximum Gasteiger partial charge on any atom is 0.178 e. The minimum atomic E-state index is 0.717. The topological polar surface area (TPSA) is 46.8 Å². The van der Waals surface area contributed by atoms with Crippen LogP contribution in [0.1, 0.15) is 19.3 Å². The fraction of sp³-hybridized carbons (Fsp3) is 0.350. The van der Waals surface area contributed by atoms with E-state index < -0.39 is 0 Å². The van der Waals surface area contributed by atoms with E-state index in [1.165, 1.54) is 37.9 Å². The van der Waals surface area contributed by atoms with Crippen LogP contribution in [0.25, 0.3) is 33.2 Å². The lowest BCUT2D eigenvalue weighted by atomic mass is 10.1. The maximum atomic E-state index is 4.90. The number of hydrogen-bond acceptors (Lipinski definition) is 4. The summed E-state index contributed by atoms with van der Waals surface area (Å²) in [5.41, 5.74) is 4.72. The lowest BCUT2D eigenvalue weighted by Gasteiger charge is -2.26. The van der Waals surface area contributed by atoms with Gasteiger partial charge in [-0.15, -0.1) is 0 Å². The van der Waals surface area contributed by atoms with E-state index in [0.29, 0.717) is 5.65 Å². The van der Waals surface area contributed by atoms with E-state index in [-0.39, 0.29) is 0 Å². The van der Waals surface area contributed by atoms with E-state index in [1.54, 1.807) is 6.20 Å². The van der Waals surface area contributed by atoms with Crippen LogP contribution >= 0.6 is 0 Å². The van der Waals surface area contributed by atoms with Crippen LogP contribution in [0.3, 0.4) is 0 Å². The van der Waals surface area contributed by atoms with Gasteiger partial charge in [-0.05, 0) is 44.1 Å². The number of rotatable bonds is 3. The SMILES string of the molecule is c1cnc2nc3c4ccccc4n(CCN4CCCCC4)c3nc2c1. The van der Waals surface area contributed by atoms with E-state index in [0.717, 1.165) is 35.2 Å². The number of fused-ring (bicyclic) bond motifs is 4. The molecule has 25 heavy (non-hydrogen) atoms. The van der Waals surface area contributed by atoms with Crippen LogP contribution in [0.5, 0.6) is 0 Å². The highest BCUT2D eigenvalue weighted by Gasteiger charge is 2.16. The van der Waals surface area contributed by atoms with Crippen molar-refractivity contribution in [2.24, 2.45) is 0 Å². The zero-order chi connectivity index (χ0) is 16.6. The molecule has 0 N–H and O–H groups in total. The van der Waals surface area contributed by atoms with Gasteiger partial charge in [0.2, 0.25) is 0 Å². The van der Waals surface area contributed by atoms with Gasteiger partial charge >= 0.3 is 0 Å². The van der Waals surface area contributed by atoms with Crippen molar-refractivity contribution < 1.29 is 0 Å². The zero-order valence-electron chi connectivity index (χ0n) is 14.2. The second kappa shape index (κ2) is 6.08. The molecule has 1 aromatic carbocycles. The average Bonchev–Trinajstić information content (AvgIpc) is 2.98. The van der Waals surface area contributed by atoms with Crippen molar-refractivity contribution in [3.05, 3.63) is 42.6 Å². The van der Waals surface area contributed by atoms with Gasteiger partial charge in [-0.1, -0.05) is 24.6 Å². The molecule has 126 valence electrons. The average molecular weight is 331 g/mol. The molecule has 5 rings (SSSR count). The summed E-state index contributed by atoms with van der Waals surface area (Å²) in [5, 5.41) is 1.16. The molecule has 4 heterocycles. The molecule has 0 saturated carbocycles. The highest BCUT2D eigenvalue weighted by Crippen LogP contribution is 2.27. The van der Waals surface area contributed by atoms with Crippen molar-refractivity contribution in [2.75, 3.05) is 19.6 Å². The molecule has 0 spiro atoms. The van der Waals surface area contributed by atoms with Gasteiger partial charge in [-0.3, -0.25) is 0 Å². The summed E-state index contributed by atoms with van der Waals surface area (Å²) >= 11 is 0. The Balaban J connectivity index is 1.64. The quantitative estimate of drug-likeness (QED) is 0.575. The van der Waals surface area contributed by atoms with E-state index >= 15 is 0 Å². The Morgan fingerprint density at radius 3 is 2.68 bits per heavy atom. The summed E-state index contributed by atoms with van der Waals surface area (Å²) in [5.74, 6) is 0. The van der Waals surface area contributed by atoms with Crippen LogP contribution in [0.2, 0.25) is 0 Å². The third-order valence-electron chi connectivity index (χ3n) is 5.22. The van der Waals surface area contributed by atoms with Crippen molar-refractivity contribution in [3.63, 3.8) is 0 Å². The van der Waals surface area contributed by atoms with Gasteiger partial charge in [0.1, 0.15) is 11.0 Å². The Labute approximate surface area is 146 Å². The molecule has 0 unspecified atom stereocenters. The molecule has 0 aliphatic carbocycles. The Kier molecular flexibility index (Phi) is 3.59. The normalized spacial score (nSPS) is 16.2. The third-order valence-corrected chi connectivity index (χ3v) is 5.22. The van der Waals surface area contributed by atoms with Crippen LogP contribution in [0.4, 0.5) is 0 Å². The van der Waals surface area contributed by atoms with Gasteiger partial charge in [0, 0.05) is 24.7 Å². The second-order valence-corrected chi connectivity index (χ2v) is 6.81. The maximum absolute atomic E-state index is 4.90. The molecule has 0 amide bonds. The predicted molar refractivity (Wildman–Crippen MR) is 101 cm³/mol. The Morgan fingerprint density at radius 1 is 0.880 bits per heavy atom. The van der Waals surface area contributed by atoms with Gasteiger partial charge in [0.25, 0.3) is 0 Å². The molecular weight excluding hydrogens is 310 g/mol. The summed E-state index contributed by atoms with van der Waals surface area (Å²) in [6, 6.07) is 12.4. The van der Waals surface area contributed by atoms with Gasteiger partial charge in [0.05, 0.1) is 5.52 Å². The largest absolute Gasteiger partial charge is 0.323 e. The van der Waals surface area contributed by atoms with Gasteiger partial charge < -0.3 is 9.47 Å². The first-order valence-electron chi connectivity index (χ1n) is 9.12. The number of piperidine rings is 1. The molecule has 1 fully saturated rings. The van der Waals surface area contributed by atoms with Crippen LogP contribution in [-0.4, -0.2) is 44.1 Å². The fourth-order valence-electron chi connectivity index (χ4n) is 3.93. The lowest BCUT2D eigenvalue weighted by Crippen LogP contribution is -2.32. The summed E-state index contributed by atoms with van der Waals surface area (Å²) in [7, 11) is 0. The van der Waals surface area contributed by atoms with Crippen molar-refractivity contribution in [2.45, 2.75) is 25.8 Å². The first-order valence-corrected chi connectivity index (χ1v) is 9.12. The number of aromatic nitrogens is 4. The van der Waals surface area contributed by atoms with E-state index in [9.17, 15) is 0 Å². The number of likely N-dealkylation sites (tertiary alicyclic amines) is 1. The highest BCUT2D eigenvalue weighted by molar-refractivity contribution is 6.06. The molecule has 0 radical (unpaired) electrons. The number of hydrogen-bond donors (Lipinski definition) is 0. The summed E-state index contributed by atoms with van der Waals surface area (Å²) in [6.45, 7) is 4.45. The molecular formula is C20H21N5.